The normalized spacial score (nSPS) is 12.6. The van der Waals surface area contributed by atoms with E-state index in [-0.39, 0.29) is 35.4 Å². The highest BCUT2D eigenvalue weighted by atomic mass is 19.1. The van der Waals surface area contributed by atoms with Crippen molar-refractivity contribution in [2.24, 2.45) is 0 Å². The van der Waals surface area contributed by atoms with Crippen LogP contribution in [0.2, 0.25) is 0 Å². The van der Waals surface area contributed by atoms with Crippen LogP contribution in [0.5, 0.6) is 0 Å². The van der Waals surface area contributed by atoms with Gasteiger partial charge in [-0.15, -0.1) is 0 Å². The highest BCUT2D eigenvalue weighted by molar-refractivity contribution is 5.89. The number of halogens is 1. The lowest BCUT2D eigenvalue weighted by Crippen LogP contribution is -2.31. The van der Waals surface area contributed by atoms with Crippen molar-refractivity contribution in [3.05, 3.63) is 110 Å². The van der Waals surface area contributed by atoms with Gasteiger partial charge < -0.3 is 14.7 Å². The Hall–Kier alpha value is -4.13. The second kappa shape index (κ2) is 11.5. The van der Waals surface area contributed by atoms with Crippen LogP contribution in [0.4, 0.5) is 10.1 Å². The van der Waals surface area contributed by atoms with Crippen molar-refractivity contribution < 1.29 is 24.0 Å². The van der Waals surface area contributed by atoms with Gasteiger partial charge in [0.2, 0.25) is 0 Å². The Kier molecular flexibility index (Phi) is 8.48. The van der Waals surface area contributed by atoms with Crippen molar-refractivity contribution in [2.75, 3.05) is 20.6 Å². The highest BCUT2D eigenvalue weighted by Crippen LogP contribution is 2.38. The smallest absolute Gasteiger partial charge is 0.338 e. The zero-order valence-electron chi connectivity index (χ0n) is 20.0. The molecule has 1 N–H and O–H groups in total. The number of hydrogen-bond acceptors (Lipinski definition) is 7. The third-order valence-corrected chi connectivity index (χ3v) is 5.82. The molecule has 0 bridgehead atoms. The third-order valence-electron chi connectivity index (χ3n) is 5.82. The van der Waals surface area contributed by atoms with Crippen LogP contribution in [0.15, 0.2) is 66.7 Å². The SMILES string of the molecule is CN(C)CCCC(O)(c1ccc(F)cc1)c1c(C#N)cccc1COC(=O)c1ccc([N+](=O)[O-])cc1. The summed E-state index contributed by atoms with van der Waals surface area (Å²) in [5.74, 6) is -1.17. The molecule has 0 spiro atoms. The molecule has 3 aromatic carbocycles. The minimum absolute atomic E-state index is 0.123. The number of aliphatic hydroxyl groups is 1. The maximum Gasteiger partial charge on any atom is 0.338 e. The van der Waals surface area contributed by atoms with Gasteiger partial charge in [0, 0.05) is 17.7 Å². The van der Waals surface area contributed by atoms with Gasteiger partial charge in [-0.1, -0.05) is 24.3 Å². The topological polar surface area (TPSA) is 117 Å². The summed E-state index contributed by atoms with van der Waals surface area (Å²) < 4.78 is 19.1. The van der Waals surface area contributed by atoms with Gasteiger partial charge >= 0.3 is 5.97 Å². The molecule has 1 unspecified atom stereocenters. The van der Waals surface area contributed by atoms with Gasteiger partial charge in [0.15, 0.2) is 0 Å². The molecule has 0 amide bonds. The van der Waals surface area contributed by atoms with Crippen molar-refractivity contribution in [1.29, 1.82) is 5.26 Å². The van der Waals surface area contributed by atoms with Crippen LogP contribution >= 0.6 is 0 Å². The van der Waals surface area contributed by atoms with Gasteiger partial charge in [0.1, 0.15) is 18.0 Å². The molecular weight excluding hydrogens is 465 g/mol. The number of esters is 1. The number of benzene rings is 3. The molecule has 0 heterocycles. The van der Waals surface area contributed by atoms with Crippen molar-refractivity contribution in [3.63, 3.8) is 0 Å². The zero-order valence-corrected chi connectivity index (χ0v) is 20.0. The van der Waals surface area contributed by atoms with Crippen molar-refractivity contribution in [3.8, 4) is 6.07 Å². The molecule has 9 heteroatoms. The first kappa shape index (κ1) is 26.5. The van der Waals surface area contributed by atoms with Gasteiger partial charge in [-0.05, 0) is 74.9 Å². The Balaban J connectivity index is 1.97. The summed E-state index contributed by atoms with van der Waals surface area (Å²) in [7, 11) is 3.81. The fraction of sp³-hybridized carbons (Fsp3) is 0.259. The number of carbonyl (C=O) groups excluding carboxylic acids is 1. The first-order valence-corrected chi connectivity index (χ1v) is 11.2. The van der Waals surface area contributed by atoms with Crippen LogP contribution in [-0.4, -0.2) is 41.5 Å². The van der Waals surface area contributed by atoms with E-state index >= 15 is 0 Å². The molecule has 0 aromatic heterocycles. The van der Waals surface area contributed by atoms with E-state index in [1.165, 1.54) is 48.5 Å². The zero-order chi connectivity index (χ0) is 26.3. The fourth-order valence-corrected chi connectivity index (χ4v) is 4.04. The van der Waals surface area contributed by atoms with E-state index in [9.17, 15) is 29.7 Å². The second-order valence-corrected chi connectivity index (χ2v) is 8.61. The molecule has 0 fully saturated rings. The number of hydrogen-bond donors (Lipinski definition) is 1. The standard InChI is InChI=1S/C27H26FN3O5/c1-30(2)16-4-15-27(33,22-9-11-23(28)12-10-22)25-20(17-29)5-3-6-21(25)18-36-26(32)19-7-13-24(14-8-19)31(34)35/h3,5-14,33H,4,15-16,18H2,1-2H3. The lowest BCUT2D eigenvalue weighted by atomic mass is 9.78. The van der Waals surface area contributed by atoms with Gasteiger partial charge in [-0.25, -0.2) is 9.18 Å². The van der Waals surface area contributed by atoms with Crippen LogP contribution in [0.3, 0.4) is 0 Å². The molecule has 1 atom stereocenters. The fourth-order valence-electron chi connectivity index (χ4n) is 4.04. The molecule has 0 saturated carbocycles. The molecule has 0 aliphatic heterocycles. The van der Waals surface area contributed by atoms with E-state index in [0.717, 1.165) is 0 Å². The van der Waals surface area contributed by atoms with Crippen LogP contribution in [0, 0.1) is 27.3 Å². The summed E-state index contributed by atoms with van der Waals surface area (Å²) in [6.07, 6.45) is 0.807. The number of nitro benzene ring substituents is 1. The van der Waals surface area contributed by atoms with Gasteiger partial charge in [0.25, 0.3) is 5.69 Å². The Morgan fingerprint density at radius 1 is 1.14 bits per heavy atom. The van der Waals surface area contributed by atoms with Gasteiger partial charge in [-0.2, -0.15) is 5.26 Å². The van der Waals surface area contributed by atoms with E-state index < -0.39 is 22.3 Å². The molecule has 3 rings (SSSR count). The molecule has 36 heavy (non-hydrogen) atoms. The average molecular weight is 492 g/mol. The molecule has 186 valence electrons. The summed E-state index contributed by atoms with van der Waals surface area (Å²) in [6, 6.07) is 17.4. The number of nitrogens with zero attached hydrogens (tertiary/aromatic N) is 3. The Morgan fingerprint density at radius 2 is 1.81 bits per heavy atom. The second-order valence-electron chi connectivity index (χ2n) is 8.61. The van der Waals surface area contributed by atoms with Gasteiger partial charge in [0.05, 0.1) is 22.1 Å². The van der Waals surface area contributed by atoms with Crippen LogP contribution in [0.1, 0.15) is 45.5 Å². The Labute approximate surface area is 208 Å². The Bertz CT molecular complexity index is 1270. The predicted molar refractivity (Wildman–Crippen MR) is 131 cm³/mol. The van der Waals surface area contributed by atoms with E-state index in [2.05, 4.69) is 6.07 Å². The lowest BCUT2D eigenvalue weighted by Gasteiger charge is -2.32. The average Bonchev–Trinajstić information content (AvgIpc) is 2.87. The highest BCUT2D eigenvalue weighted by Gasteiger charge is 2.36. The Morgan fingerprint density at radius 3 is 2.39 bits per heavy atom. The number of nitro groups is 1. The summed E-state index contributed by atoms with van der Waals surface area (Å²) in [5.41, 5.74) is -0.360. The van der Waals surface area contributed by atoms with Crippen LogP contribution < -0.4 is 0 Å². The molecule has 8 nitrogen and oxygen atoms in total. The lowest BCUT2D eigenvalue weighted by molar-refractivity contribution is -0.384. The minimum Gasteiger partial charge on any atom is -0.457 e. The number of non-ortho nitro benzene ring substituents is 1. The van der Waals surface area contributed by atoms with Crippen LogP contribution in [-0.2, 0) is 16.9 Å². The van der Waals surface area contributed by atoms with E-state index in [1.807, 2.05) is 19.0 Å². The maximum absolute atomic E-state index is 13.7. The van der Waals surface area contributed by atoms with Crippen molar-refractivity contribution in [1.82, 2.24) is 4.90 Å². The van der Waals surface area contributed by atoms with Crippen LogP contribution in [0.25, 0.3) is 0 Å². The van der Waals surface area contributed by atoms with Gasteiger partial charge in [-0.3, -0.25) is 10.1 Å². The largest absolute Gasteiger partial charge is 0.457 e. The first-order valence-electron chi connectivity index (χ1n) is 11.2. The summed E-state index contributed by atoms with van der Waals surface area (Å²) in [4.78, 5) is 24.8. The monoisotopic (exact) mass is 491 g/mol. The number of rotatable bonds is 10. The molecule has 0 aliphatic rings. The number of nitriles is 1. The van der Waals surface area contributed by atoms with E-state index in [1.54, 1.807) is 18.2 Å². The predicted octanol–water partition coefficient (Wildman–Crippen LogP) is 4.54. The molecular formula is C27H26FN3O5. The molecule has 3 aromatic rings. The maximum atomic E-state index is 13.7. The molecule has 0 aliphatic carbocycles. The summed E-state index contributed by atoms with van der Waals surface area (Å²) in [5, 5.41) is 32.7. The van der Waals surface area contributed by atoms with E-state index in [4.69, 9.17) is 4.74 Å². The molecule has 0 radical (unpaired) electrons. The number of ether oxygens (including phenoxy) is 1. The van der Waals surface area contributed by atoms with Crippen molar-refractivity contribution in [2.45, 2.75) is 25.0 Å². The summed E-state index contributed by atoms with van der Waals surface area (Å²) in [6.45, 7) is 0.417. The minimum atomic E-state index is -1.65. The molecule has 0 saturated heterocycles. The summed E-state index contributed by atoms with van der Waals surface area (Å²) >= 11 is 0. The van der Waals surface area contributed by atoms with Crippen molar-refractivity contribution >= 4 is 11.7 Å². The number of carbonyl (C=O) groups is 1. The van der Waals surface area contributed by atoms with E-state index in [0.29, 0.717) is 24.1 Å². The third kappa shape index (κ3) is 6.10. The first-order chi connectivity index (χ1) is 17.2. The quantitative estimate of drug-likeness (QED) is 0.251.